The Morgan fingerprint density at radius 3 is 1.64 bits per heavy atom. The largest absolute Gasteiger partial charge is 0.342 e. The van der Waals surface area contributed by atoms with Gasteiger partial charge < -0.3 is 9.79 Å². The van der Waals surface area contributed by atoms with E-state index in [1.807, 2.05) is 0 Å². The first-order chi connectivity index (χ1) is 12.5. The van der Waals surface area contributed by atoms with Crippen LogP contribution in [0.15, 0.2) is 18.3 Å². The molecule has 0 saturated heterocycles. The standard InChI is InChI=1S/C19H33ClFNO4P2/c1-12(2)18(13(3)4,16-9-10-22-17(20)11-16)19(21,27(23,24)14(5)6)28(25,26)15(7)8/h9-15H,1-8H3,(H,23,24)(H,25,26). The Morgan fingerprint density at radius 1 is 0.964 bits per heavy atom. The molecular weight excluding hydrogens is 423 g/mol. The molecule has 0 spiro atoms. The molecule has 0 saturated carbocycles. The van der Waals surface area contributed by atoms with Crippen LogP contribution in [0.4, 0.5) is 4.39 Å². The molecule has 1 aromatic rings. The van der Waals surface area contributed by atoms with Crippen LogP contribution in [0, 0.1) is 11.8 Å². The first-order valence-electron chi connectivity index (χ1n) is 9.48. The molecule has 1 aromatic heterocycles. The quantitative estimate of drug-likeness (QED) is 0.356. The van der Waals surface area contributed by atoms with Crippen molar-refractivity contribution in [3.05, 3.63) is 29.0 Å². The number of rotatable bonds is 8. The van der Waals surface area contributed by atoms with Gasteiger partial charge >= 0.3 is 0 Å². The number of hydrogen-bond donors (Lipinski definition) is 2. The van der Waals surface area contributed by atoms with Crippen molar-refractivity contribution in [2.75, 3.05) is 0 Å². The highest BCUT2D eigenvalue weighted by Gasteiger charge is 2.75. The molecular formula is C19H33ClFNO4P2. The van der Waals surface area contributed by atoms with Crippen molar-refractivity contribution >= 4 is 26.3 Å². The average Bonchev–Trinajstić information content (AvgIpc) is 2.53. The summed E-state index contributed by atoms with van der Waals surface area (Å²) in [5.41, 5.74) is -3.55. The molecule has 1 heterocycles. The lowest BCUT2D eigenvalue weighted by Gasteiger charge is -2.55. The molecule has 162 valence electrons. The first kappa shape index (κ1) is 25.8. The molecule has 0 aromatic carbocycles. The molecule has 2 N–H and O–H groups in total. The van der Waals surface area contributed by atoms with Crippen LogP contribution in [0.5, 0.6) is 0 Å². The van der Waals surface area contributed by atoms with Crippen LogP contribution in [0.2, 0.25) is 5.15 Å². The zero-order chi connectivity index (χ0) is 22.3. The van der Waals surface area contributed by atoms with Gasteiger partial charge in [0.25, 0.3) is 5.15 Å². The van der Waals surface area contributed by atoms with Gasteiger partial charge in [0.2, 0.25) is 14.7 Å². The number of pyridine rings is 1. The molecule has 0 amide bonds. The van der Waals surface area contributed by atoms with E-state index < -0.39 is 48.5 Å². The lowest BCUT2D eigenvalue weighted by atomic mass is 9.65. The number of alkyl halides is 1. The van der Waals surface area contributed by atoms with Gasteiger partial charge in [-0.25, -0.2) is 9.37 Å². The Bertz CT molecular complexity index is 762. The molecule has 0 fully saturated rings. The lowest BCUT2D eigenvalue weighted by Crippen LogP contribution is -2.56. The predicted octanol–water partition coefficient (Wildman–Crippen LogP) is 6.27. The molecule has 2 unspecified atom stereocenters. The van der Waals surface area contributed by atoms with Crippen LogP contribution in [0.1, 0.15) is 61.0 Å². The summed E-state index contributed by atoms with van der Waals surface area (Å²) in [5, 5.41) is -3.19. The fourth-order valence-electron chi connectivity index (χ4n) is 4.33. The van der Waals surface area contributed by atoms with Crippen LogP contribution in [-0.4, -0.2) is 31.2 Å². The third-order valence-corrected chi connectivity index (χ3v) is 13.0. The minimum absolute atomic E-state index is 0.0835. The van der Waals surface area contributed by atoms with Gasteiger partial charge in [-0.15, -0.1) is 0 Å². The number of aromatic nitrogens is 1. The molecule has 28 heavy (non-hydrogen) atoms. The van der Waals surface area contributed by atoms with Crippen molar-refractivity contribution in [2.45, 2.75) is 77.3 Å². The minimum Gasteiger partial charge on any atom is -0.342 e. The Kier molecular flexibility index (Phi) is 7.80. The topological polar surface area (TPSA) is 87.5 Å². The maximum atomic E-state index is 17.4. The molecule has 2 atom stereocenters. The monoisotopic (exact) mass is 455 g/mol. The van der Waals surface area contributed by atoms with Crippen LogP contribution in [0.25, 0.3) is 0 Å². The van der Waals surface area contributed by atoms with Gasteiger partial charge in [0, 0.05) is 17.5 Å². The van der Waals surface area contributed by atoms with E-state index in [-0.39, 0.29) is 5.15 Å². The van der Waals surface area contributed by atoms with Gasteiger partial charge in [-0.05, 0) is 29.5 Å². The van der Waals surface area contributed by atoms with Gasteiger partial charge in [0.05, 0.1) is 5.41 Å². The van der Waals surface area contributed by atoms with E-state index in [9.17, 15) is 18.9 Å². The second-order valence-electron chi connectivity index (χ2n) is 8.57. The molecule has 9 heteroatoms. The zero-order valence-corrected chi connectivity index (χ0v) is 20.4. The van der Waals surface area contributed by atoms with Gasteiger partial charge in [0.1, 0.15) is 5.15 Å². The van der Waals surface area contributed by atoms with Crippen LogP contribution in [-0.2, 0) is 14.5 Å². The summed E-state index contributed by atoms with van der Waals surface area (Å²) in [7, 11) is -9.63. The third-order valence-electron chi connectivity index (χ3n) is 5.80. The van der Waals surface area contributed by atoms with Crippen molar-refractivity contribution in [1.29, 1.82) is 0 Å². The number of hydrogen-bond acceptors (Lipinski definition) is 3. The second kappa shape index (κ2) is 8.47. The van der Waals surface area contributed by atoms with E-state index in [0.29, 0.717) is 5.56 Å². The van der Waals surface area contributed by atoms with E-state index >= 15 is 4.39 Å². The highest BCUT2D eigenvalue weighted by atomic mass is 35.5. The molecule has 0 radical (unpaired) electrons. The first-order valence-corrected chi connectivity index (χ1v) is 13.3. The maximum absolute atomic E-state index is 17.4. The van der Waals surface area contributed by atoms with Gasteiger partial charge in [0.15, 0.2) is 0 Å². The second-order valence-corrected chi connectivity index (χ2v) is 15.1. The molecule has 5 nitrogen and oxygen atoms in total. The van der Waals surface area contributed by atoms with Gasteiger partial charge in [-0.3, -0.25) is 9.13 Å². The SMILES string of the molecule is CC(C)C(c1ccnc(Cl)c1)(C(C)C)C(F)(P(=O)(O)C(C)C)P(=O)(O)C(C)C. The van der Waals surface area contributed by atoms with Crippen molar-refractivity contribution < 1.29 is 23.3 Å². The predicted molar refractivity (Wildman–Crippen MR) is 114 cm³/mol. The summed E-state index contributed by atoms with van der Waals surface area (Å²) in [5.74, 6) is -1.18. The van der Waals surface area contributed by atoms with Crippen LogP contribution < -0.4 is 0 Å². The van der Waals surface area contributed by atoms with E-state index in [2.05, 4.69) is 4.98 Å². The summed E-state index contributed by atoms with van der Waals surface area (Å²) < 4.78 is 44.6. The lowest BCUT2D eigenvalue weighted by molar-refractivity contribution is 0.0847. The third kappa shape index (κ3) is 3.54. The Balaban J connectivity index is 4.29. The highest BCUT2D eigenvalue weighted by Crippen LogP contribution is 2.83. The molecule has 0 aliphatic rings. The normalized spacial score (nSPS) is 19.7. The Hall–Kier alpha value is -0.250. The molecule has 0 aliphatic carbocycles. The van der Waals surface area contributed by atoms with E-state index in [0.717, 1.165) is 0 Å². The van der Waals surface area contributed by atoms with Crippen molar-refractivity contribution in [2.24, 2.45) is 11.8 Å². The number of halogens is 2. The van der Waals surface area contributed by atoms with Crippen molar-refractivity contribution in [1.82, 2.24) is 4.98 Å². The smallest absolute Gasteiger partial charge is 0.270 e. The van der Waals surface area contributed by atoms with E-state index in [1.165, 1.54) is 46.0 Å². The van der Waals surface area contributed by atoms with Gasteiger partial charge in [-0.1, -0.05) is 67.0 Å². The Labute approximate surface area is 173 Å². The molecule has 0 aliphatic heterocycles. The Morgan fingerprint density at radius 2 is 1.36 bits per heavy atom. The highest BCUT2D eigenvalue weighted by molar-refractivity contribution is 7.78. The number of nitrogens with zero attached hydrogens (tertiary/aromatic N) is 1. The van der Waals surface area contributed by atoms with E-state index in [1.54, 1.807) is 27.7 Å². The average molecular weight is 456 g/mol. The summed E-state index contributed by atoms with van der Waals surface area (Å²) in [6, 6.07) is 2.94. The van der Waals surface area contributed by atoms with Crippen molar-refractivity contribution in [3.63, 3.8) is 0 Å². The van der Waals surface area contributed by atoms with Crippen LogP contribution >= 0.6 is 26.3 Å². The minimum atomic E-state index is -4.82. The van der Waals surface area contributed by atoms with Gasteiger partial charge in [-0.2, -0.15) is 0 Å². The van der Waals surface area contributed by atoms with Crippen LogP contribution in [0.3, 0.4) is 0 Å². The van der Waals surface area contributed by atoms with Crippen molar-refractivity contribution in [3.8, 4) is 0 Å². The zero-order valence-electron chi connectivity index (χ0n) is 17.8. The molecule has 0 bridgehead atoms. The fourth-order valence-corrected chi connectivity index (χ4v) is 11.3. The van der Waals surface area contributed by atoms with E-state index in [4.69, 9.17) is 11.6 Å². The fraction of sp³-hybridized carbons (Fsp3) is 0.737. The maximum Gasteiger partial charge on any atom is 0.270 e. The summed E-state index contributed by atoms with van der Waals surface area (Å²) >= 11 is 6.07. The summed E-state index contributed by atoms with van der Waals surface area (Å²) in [4.78, 5) is 26.0. The summed E-state index contributed by atoms with van der Waals surface area (Å²) in [6.45, 7) is 12.4. The summed E-state index contributed by atoms with van der Waals surface area (Å²) in [6.07, 6.45) is 1.38. The molecule has 1 rings (SSSR count).